The zero-order valence-corrected chi connectivity index (χ0v) is 11.2. The highest BCUT2D eigenvalue weighted by molar-refractivity contribution is 6.31. The van der Waals surface area contributed by atoms with Gasteiger partial charge in [-0.2, -0.15) is 0 Å². The van der Waals surface area contributed by atoms with Crippen LogP contribution in [0.1, 0.15) is 24.9 Å². The molecule has 5 heteroatoms. The van der Waals surface area contributed by atoms with Crippen LogP contribution in [0.5, 0.6) is 0 Å². The third-order valence-corrected chi connectivity index (χ3v) is 3.43. The van der Waals surface area contributed by atoms with Gasteiger partial charge < -0.3 is 16.0 Å². The number of hydrogen-bond donors (Lipinski definition) is 2. The maximum Gasteiger partial charge on any atom is 0.239 e. The van der Waals surface area contributed by atoms with Crippen LogP contribution in [0.2, 0.25) is 5.02 Å². The molecule has 1 unspecified atom stereocenters. The van der Waals surface area contributed by atoms with Crippen molar-refractivity contribution in [3.63, 3.8) is 0 Å². The predicted molar refractivity (Wildman–Crippen MR) is 73.9 cm³/mol. The number of benzene rings is 1. The molecule has 1 amide bonds. The molecule has 1 saturated heterocycles. The highest BCUT2D eigenvalue weighted by Crippen LogP contribution is 2.27. The summed E-state index contributed by atoms with van der Waals surface area (Å²) in [5, 5.41) is 3.51. The molecule has 0 radical (unpaired) electrons. The van der Waals surface area contributed by atoms with Gasteiger partial charge in [0.05, 0.1) is 6.54 Å². The second-order valence-electron chi connectivity index (χ2n) is 4.62. The third kappa shape index (κ3) is 2.94. The predicted octanol–water partition coefficient (Wildman–Crippen LogP) is 1.69. The van der Waals surface area contributed by atoms with Crippen molar-refractivity contribution in [2.24, 2.45) is 5.73 Å². The van der Waals surface area contributed by atoms with E-state index in [0.29, 0.717) is 11.6 Å². The summed E-state index contributed by atoms with van der Waals surface area (Å²) in [4.78, 5) is 13.6. The summed E-state index contributed by atoms with van der Waals surface area (Å²) in [7, 11) is 0. The first kappa shape index (κ1) is 13.2. The fourth-order valence-electron chi connectivity index (χ4n) is 2.11. The molecule has 2 rings (SSSR count). The van der Waals surface area contributed by atoms with Crippen LogP contribution in [0.4, 0.5) is 5.69 Å². The molecule has 98 valence electrons. The lowest BCUT2D eigenvalue weighted by atomic mass is 10.1. The van der Waals surface area contributed by atoms with Gasteiger partial charge >= 0.3 is 0 Å². The van der Waals surface area contributed by atoms with Crippen LogP contribution in [-0.4, -0.2) is 25.5 Å². The lowest BCUT2D eigenvalue weighted by molar-refractivity contribution is -0.119. The van der Waals surface area contributed by atoms with Crippen molar-refractivity contribution in [2.75, 3.05) is 24.5 Å². The first-order valence-corrected chi connectivity index (χ1v) is 6.52. The summed E-state index contributed by atoms with van der Waals surface area (Å²) < 4.78 is 0. The highest BCUT2D eigenvalue weighted by Gasteiger charge is 2.16. The summed E-state index contributed by atoms with van der Waals surface area (Å²) in [5.41, 5.74) is 7.73. The van der Waals surface area contributed by atoms with Crippen molar-refractivity contribution in [1.29, 1.82) is 0 Å². The number of hydrogen-bond acceptors (Lipinski definition) is 3. The summed E-state index contributed by atoms with van der Waals surface area (Å²) in [6.07, 6.45) is 0.943. The Morgan fingerprint density at radius 1 is 1.50 bits per heavy atom. The van der Waals surface area contributed by atoms with E-state index in [1.807, 2.05) is 30.0 Å². The number of nitrogens with two attached hydrogens (primary N) is 1. The number of nitrogens with zero attached hydrogens (tertiary/aromatic N) is 1. The smallest absolute Gasteiger partial charge is 0.239 e. The molecule has 0 aromatic heterocycles. The first-order chi connectivity index (χ1) is 8.58. The molecule has 0 saturated carbocycles. The van der Waals surface area contributed by atoms with Gasteiger partial charge in [-0.1, -0.05) is 17.7 Å². The van der Waals surface area contributed by atoms with E-state index in [0.717, 1.165) is 30.8 Å². The second-order valence-corrected chi connectivity index (χ2v) is 5.03. The SMILES string of the molecule is CC(N)c1ccc(N2CCCNC(=O)C2)cc1Cl. The zero-order valence-electron chi connectivity index (χ0n) is 10.4. The van der Waals surface area contributed by atoms with Crippen molar-refractivity contribution in [2.45, 2.75) is 19.4 Å². The molecular weight excluding hydrogens is 250 g/mol. The summed E-state index contributed by atoms with van der Waals surface area (Å²) in [5.74, 6) is 0.0555. The Morgan fingerprint density at radius 2 is 2.28 bits per heavy atom. The van der Waals surface area contributed by atoms with Gasteiger partial charge in [0.1, 0.15) is 0 Å². The van der Waals surface area contributed by atoms with Crippen LogP contribution in [0.15, 0.2) is 18.2 Å². The molecular formula is C13H18ClN3O. The number of nitrogens with one attached hydrogen (secondary N) is 1. The van der Waals surface area contributed by atoms with E-state index in [2.05, 4.69) is 5.32 Å². The number of halogens is 1. The van der Waals surface area contributed by atoms with Crippen molar-refractivity contribution in [1.82, 2.24) is 5.32 Å². The van der Waals surface area contributed by atoms with Crippen LogP contribution in [0.3, 0.4) is 0 Å². The number of anilines is 1. The number of carbonyl (C=O) groups is 1. The zero-order chi connectivity index (χ0) is 13.1. The molecule has 18 heavy (non-hydrogen) atoms. The molecule has 1 aromatic rings. The van der Waals surface area contributed by atoms with Crippen molar-refractivity contribution >= 4 is 23.2 Å². The fraction of sp³-hybridized carbons (Fsp3) is 0.462. The number of rotatable bonds is 2. The molecule has 1 atom stereocenters. The summed E-state index contributed by atoms with van der Waals surface area (Å²) in [6.45, 7) is 3.88. The standard InChI is InChI=1S/C13H18ClN3O/c1-9(15)11-4-3-10(7-12(11)14)17-6-2-5-16-13(18)8-17/h3-4,7,9H,2,5-6,8,15H2,1H3,(H,16,18). The van der Waals surface area contributed by atoms with Gasteiger partial charge in [-0.25, -0.2) is 0 Å². The molecule has 4 nitrogen and oxygen atoms in total. The molecule has 0 aliphatic carbocycles. The summed E-state index contributed by atoms with van der Waals surface area (Å²) in [6, 6.07) is 5.71. The van der Waals surface area contributed by atoms with Gasteiger partial charge in [0, 0.05) is 29.8 Å². The quantitative estimate of drug-likeness (QED) is 0.857. The Labute approximate surface area is 112 Å². The molecule has 0 bridgehead atoms. The third-order valence-electron chi connectivity index (χ3n) is 3.10. The van der Waals surface area contributed by atoms with E-state index < -0.39 is 0 Å². The normalized spacial score (nSPS) is 18.2. The minimum Gasteiger partial charge on any atom is -0.362 e. The number of amides is 1. The Balaban J connectivity index is 2.22. The molecule has 1 heterocycles. The van der Waals surface area contributed by atoms with Gasteiger partial charge in [0.15, 0.2) is 0 Å². The minimum atomic E-state index is -0.0843. The van der Waals surface area contributed by atoms with Crippen molar-refractivity contribution in [3.8, 4) is 0 Å². The van der Waals surface area contributed by atoms with E-state index in [4.69, 9.17) is 17.3 Å². The van der Waals surface area contributed by atoms with E-state index in [9.17, 15) is 4.79 Å². The molecule has 1 aromatic carbocycles. The van der Waals surface area contributed by atoms with Crippen LogP contribution in [0.25, 0.3) is 0 Å². The van der Waals surface area contributed by atoms with Gasteiger partial charge in [0.25, 0.3) is 0 Å². The summed E-state index contributed by atoms with van der Waals surface area (Å²) >= 11 is 6.21. The van der Waals surface area contributed by atoms with Gasteiger partial charge in [-0.05, 0) is 31.0 Å². The molecule has 1 aliphatic heterocycles. The average Bonchev–Trinajstić information content (AvgIpc) is 2.53. The van der Waals surface area contributed by atoms with Crippen LogP contribution in [-0.2, 0) is 4.79 Å². The highest BCUT2D eigenvalue weighted by atomic mass is 35.5. The molecule has 3 N–H and O–H groups in total. The van der Waals surface area contributed by atoms with Crippen LogP contribution >= 0.6 is 11.6 Å². The van der Waals surface area contributed by atoms with Crippen LogP contribution in [0, 0.1) is 0 Å². The molecule has 1 fully saturated rings. The Hall–Kier alpha value is -1.26. The Bertz CT molecular complexity index is 448. The van der Waals surface area contributed by atoms with E-state index in [-0.39, 0.29) is 11.9 Å². The lowest BCUT2D eigenvalue weighted by Crippen LogP contribution is -2.33. The largest absolute Gasteiger partial charge is 0.362 e. The van der Waals surface area contributed by atoms with Gasteiger partial charge in [-0.15, -0.1) is 0 Å². The Kier molecular flexibility index (Phi) is 4.09. The van der Waals surface area contributed by atoms with Crippen molar-refractivity contribution in [3.05, 3.63) is 28.8 Å². The fourth-order valence-corrected chi connectivity index (χ4v) is 2.46. The first-order valence-electron chi connectivity index (χ1n) is 6.14. The molecule has 1 aliphatic rings. The second kappa shape index (κ2) is 5.59. The van der Waals surface area contributed by atoms with E-state index in [1.54, 1.807) is 0 Å². The topological polar surface area (TPSA) is 58.4 Å². The minimum absolute atomic E-state index is 0.0555. The Morgan fingerprint density at radius 3 is 2.94 bits per heavy atom. The molecule has 0 spiro atoms. The van der Waals surface area contributed by atoms with E-state index in [1.165, 1.54) is 0 Å². The van der Waals surface area contributed by atoms with Crippen molar-refractivity contribution < 1.29 is 4.79 Å². The lowest BCUT2D eigenvalue weighted by Gasteiger charge is -2.22. The average molecular weight is 268 g/mol. The monoisotopic (exact) mass is 267 g/mol. The maximum absolute atomic E-state index is 11.5. The maximum atomic E-state index is 11.5. The van der Waals surface area contributed by atoms with Gasteiger partial charge in [0.2, 0.25) is 5.91 Å². The van der Waals surface area contributed by atoms with Gasteiger partial charge in [-0.3, -0.25) is 4.79 Å². The number of carbonyl (C=O) groups excluding carboxylic acids is 1. The van der Waals surface area contributed by atoms with E-state index >= 15 is 0 Å². The van der Waals surface area contributed by atoms with Crippen LogP contribution < -0.4 is 16.0 Å².